The second-order valence-electron chi connectivity index (χ2n) is 4.01. The Bertz CT molecular complexity index is 284. The predicted molar refractivity (Wildman–Crippen MR) is 64.5 cm³/mol. The number of hydrogen-bond acceptors (Lipinski definition) is 2. The van der Waals surface area contributed by atoms with Crippen LogP contribution in [0.1, 0.15) is 18.9 Å². The zero-order valence-electron chi connectivity index (χ0n) is 9.99. The van der Waals surface area contributed by atoms with Crippen LogP contribution < -0.4 is 4.74 Å². The van der Waals surface area contributed by atoms with Crippen LogP contribution in [0.2, 0.25) is 0 Å². The van der Waals surface area contributed by atoms with Gasteiger partial charge in [-0.2, -0.15) is 0 Å². The van der Waals surface area contributed by atoms with Gasteiger partial charge >= 0.3 is 0 Å². The van der Waals surface area contributed by atoms with Gasteiger partial charge in [-0.25, -0.2) is 0 Å². The molecule has 2 nitrogen and oxygen atoms in total. The Morgan fingerprint density at radius 2 is 1.93 bits per heavy atom. The lowest BCUT2D eigenvalue weighted by atomic mass is 10.1. The molecular weight excluding hydrogens is 186 g/mol. The number of rotatable bonds is 6. The summed E-state index contributed by atoms with van der Waals surface area (Å²) in [6, 6.07) is 8.31. The molecule has 0 atom stereocenters. The van der Waals surface area contributed by atoms with Crippen molar-refractivity contribution in [3.05, 3.63) is 29.8 Å². The minimum absolute atomic E-state index is 0.758. The molecule has 0 saturated heterocycles. The van der Waals surface area contributed by atoms with Gasteiger partial charge in [0, 0.05) is 6.54 Å². The summed E-state index contributed by atoms with van der Waals surface area (Å²) in [6.07, 6.45) is 2.26. The first-order valence-electron chi connectivity index (χ1n) is 5.59. The molecule has 0 aliphatic rings. The molecule has 0 aliphatic carbocycles. The fraction of sp³-hybridized carbons (Fsp3) is 0.538. The smallest absolute Gasteiger partial charge is 0.122 e. The molecule has 2 heteroatoms. The number of ether oxygens (including phenoxy) is 1. The van der Waals surface area contributed by atoms with Crippen molar-refractivity contribution in [1.82, 2.24) is 4.90 Å². The maximum atomic E-state index is 5.76. The van der Waals surface area contributed by atoms with Gasteiger partial charge in [-0.3, -0.25) is 0 Å². The minimum Gasteiger partial charge on any atom is -0.492 e. The van der Waals surface area contributed by atoms with Crippen LogP contribution in [0.3, 0.4) is 0 Å². The van der Waals surface area contributed by atoms with Gasteiger partial charge in [0.25, 0.3) is 0 Å². The van der Waals surface area contributed by atoms with Crippen molar-refractivity contribution >= 4 is 0 Å². The molecule has 1 aromatic rings. The molecule has 1 rings (SSSR count). The molecule has 84 valence electrons. The van der Waals surface area contributed by atoms with Crippen LogP contribution in [-0.2, 0) is 6.42 Å². The highest BCUT2D eigenvalue weighted by Crippen LogP contribution is 2.19. The first-order valence-corrected chi connectivity index (χ1v) is 5.59. The summed E-state index contributed by atoms with van der Waals surface area (Å²) in [5.74, 6) is 1.04. The van der Waals surface area contributed by atoms with E-state index in [0.717, 1.165) is 31.7 Å². The summed E-state index contributed by atoms with van der Waals surface area (Å²) < 4.78 is 5.76. The standard InChI is InChI=1S/C13H21NO/c1-4-7-12-8-5-6-9-13(12)15-11-10-14(2)3/h5-6,8-9H,4,7,10-11H2,1-3H3. The fourth-order valence-corrected chi connectivity index (χ4v) is 1.46. The summed E-state index contributed by atoms with van der Waals surface area (Å²) in [5, 5.41) is 0. The maximum Gasteiger partial charge on any atom is 0.122 e. The molecule has 0 heterocycles. The van der Waals surface area contributed by atoms with E-state index in [1.807, 2.05) is 6.07 Å². The largest absolute Gasteiger partial charge is 0.492 e. The quantitative estimate of drug-likeness (QED) is 0.711. The molecule has 0 spiro atoms. The van der Waals surface area contributed by atoms with Crippen LogP contribution in [0.5, 0.6) is 5.75 Å². The average molecular weight is 207 g/mol. The molecule has 0 radical (unpaired) electrons. The Kier molecular flexibility index (Phi) is 5.19. The summed E-state index contributed by atoms with van der Waals surface area (Å²) in [4.78, 5) is 2.13. The maximum absolute atomic E-state index is 5.76. The average Bonchev–Trinajstić information content (AvgIpc) is 2.20. The highest BCUT2D eigenvalue weighted by atomic mass is 16.5. The van der Waals surface area contributed by atoms with Gasteiger partial charge in [0.05, 0.1) is 0 Å². The van der Waals surface area contributed by atoms with Crippen LogP contribution >= 0.6 is 0 Å². The van der Waals surface area contributed by atoms with Crippen molar-refractivity contribution in [2.24, 2.45) is 0 Å². The molecule has 0 unspecified atom stereocenters. The Hall–Kier alpha value is -1.02. The lowest BCUT2D eigenvalue weighted by molar-refractivity contribution is 0.259. The molecule has 0 amide bonds. The van der Waals surface area contributed by atoms with E-state index in [1.54, 1.807) is 0 Å². The molecule has 0 aliphatic heterocycles. The minimum atomic E-state index is 0.758. The molecule has 0 fully saturated rings. The van der Waals surface area contributed by atoms with Crippen molar-refractivity contribution < 1.29 is 4.74 Å². The van der Waals surface area contributed by atoms with E-state index in [0.29, 0.717) is 0 Å². The number of para-hydroxylation sites is 1. The van der Waals surface area contributed by atoms with Gasteiger partial charge in [-0.05, 0) is 32.1 Å². The molecular formula is C13H21NO. The number of hydrogen-bond donors (Lipinski definition) is 0. The number of nitrogens with zero attached hydrogens (tertiary/aromatic N) is 1. The van der Waals surface area contributed by atoms with Crippen molar-refractivity contribution in [2.45, 2.75) is 19.8 Å². The van der Waals surface area contributed by atoms with Crippen LogP contribution in [0.15, 0.2) is 24.3 Å². The highest BCUT2D eigenvalue weighted by molar-refractivity contribution is 5.33. The van der Waals surface area contributed by atoms with E-state index in [2.05, 4.69) is 44.1 Å². The predicted octanol–water partition coefficient (Wildman–Crippen LogP) is 2.58. The highest BCUT2D eigenvalue weighted by Gasteiger charge is 2.01. The summed E-state index contributed by atoms with van der Waals surface area (Å²) in [6.45, 7) is 3.91. The van der Waals surface area contributed by atoms with E-state index in [4.69, 9.17) is 4.74 Å². The monoisotopic (exact) mass is 207 g/mol. The topological polar surface area (TPSA) is 12.5 Å². The lowest BCUT2D eigenvalue weighted by Crippen LogP contribution is -2.19. The zero-order chi connectivity index (χ0) is 11.1. The van der Waals surface area contributed by atoms with E-state index in [-0.39, 0.29) is 0 Å². The first kappa shape index (κ1) is 12.1. The van der Waals surface area contributed by atoms with Gasteiger partial charge in [0.1, 0.15) is 12.4 Å². The lowest BCUT2D eigenvalue weighted by Gasteiger charge is -2.13. The first-order chi connectivity index (χ1) is 7.24. The molecule has 1 aromatic carbocycles. The molecule has 0 saturated carbocycles. The van der Waals surface area contributed by atoms with Crippen LogP contribution in [0.25, 0.3) is 0 Å². The van der Waals surface area contributed by atoms with E-state index >= 15 is 0 Å². The van der Waals surface area contributed by atoms with Crippen molar-refractivity contribution in [3.63, 3.8) is 0 Å². The number of aryl methyl sites for hydroxylation is 1. The van der Waals surface area contributed by atoms with Crippen molar-refractivity contribution in [2.75, 3.05) is 27.2 Å². The van der Waals surface area contributed by atoms with E-state index in [1.165, 1.54) is 5.56 Å². The van der Waals surface area contributed by atoms with E-state index in [9.17, 15) is 0 Å². The van der Waals surface area contributed by atoms with Gasteiger partial charge < -0.3 is 9.64 Å². The molecule has 0 bridgehead atoms. The molecule has 0 aromatic heterocycles. The summed E-state index contributed by atoms with van der Waals surface area (Å²) >= 11 is 0. The number of likely N-dealkylation sites (N-methyl/N-ethyl adjacent to an activating group) is 1. The third-order valence-electron chi connectivity index (χ3n) is 2.29. The van der Waals surface area contributed by atoms with Crippen LogP contribution in [-0.4, -0.2) is 32.1 Å². The second-order valence-corrected chi connectivity index (χ2v) is 4.01. The number of benzene rings is 1. The molecule has 15 heavy (non-hydrogen) atoms. The second kappa shape index (κ2) is 6.46. The van der Waals surface area contributed by atoms with Gasteiger partial charge in [0.15, 0.2) is 0 Å². The van der Waals surface area contributed by atoms with Crippen molar-refractivity contribution in [1.29, 1.82) is 0 Å². The Labute approximate surface area is 92.9 Å². The van der Waals surface area contributed by atoms with Crippen LogP contribution in [0.4, 0.5) is 0 Å². The van der Waals surface area contributed by atoms with Crippen molar-refractivity contribution in [3.8, 4) is 5.75 Å². The Balaban J connectivity index is 2.51. The molecule has 0 N–H and O–H groups in total. The fourth-order valence-electron chi connectivity index (χ4n) is 1.46. The SMILES string of the molecule is CCCc1ccccc1OCCN(C)C. The summed E-state index contributed by atoms with van der Waals surface area (Å²) in [7, 11) is 4.11. The normalized spacial score (nSPS) is 10.7. The Morgan fingerprint density at radius 3 is 2.60 bits per heavy atom. The van der Waals surface area contributed by atoms with E-state index < -0.39 is 0 Å². The van der Waals surface area contributed by atoms with Crippen LogP contribution in [0, 0.1) is 0 Å². The Morgan fingerprint density at radius 1 is 1.20 bits per heavy atom. The van der Waals surface area contributed by atoms with Gasteiger partial charge in [-0.15, -0.1) is 0 Å². The van der Waals surface area contributed by atoms with Gasteiger partial charge in [0.2, 0.25) is 0 Å². The summed E-state index contributed by atoms with van der Waals surface area (Å²) in [5.41, 5.74) is 1.32. The van der Waals surface area contributed by atoms with Gasteiger partial charge in [-0.1, -0.05) is 31.5 Å². The third-order valence-corrected chi connectivity index (χ3v) is 2.29. The third kappa shape index (κ3) is 4.34. The zero-order valence-corrected chi connectivity index (χ0v) is 9.99.